The van der Waals surface area contributed by atoms with Crippen LogP contribution in [0.1, 0.15) is 30.1 Å². The number of hydrogen-bond donors (Lipinski definition) is 0. The first-order valence-corrected chi connectivity index (χ1v) is 8.11. The average Bonchev–Trinajstić information content (AvgIpc) is 3.03. The molecule has 1 aromatic carbocycles. The van der Waals surface area contributed by atoms with E-state index in [9.17, 15) is 9.18 Å². The molecule has 0 radical (unpaired) electrons. The molecule has 3 heterocycles. The Morgan fingerprint density at radius 1 is 1.33 bits per heavy atom. The maximum atomic E-state index is 13.3. The van der Waals surface area contributed by atoms with E-state index in [-0.39, 0.29) is 17.3 Å². The smallest absolute Gasteiger partial charge is 0.276 e. The first kappa shape index (κ1) is 15.1. The van der Waals surface area contributed by atoms with Crippen LogP contribution < -0.4 is 5.56 Å². The standard InChI is InChI=1S/C18H18FN3O2/c19-15-5-1-3-13(9-15)11-21-6-7-22-16(18(21)23)10-20-17(22)14-4-2-8-24-12-14/h1,3,5-7,9-10,14H,2,4,8,11-12H2. The van der Waals surface area contributed by atoms with Crippen LogP contribution in [-0.2, 0) is 11.3 Å². The maximum Gasteiger partial charge on any atom is 0.276 e. The zero-order valence-electron chi connectivity index (χ0n) is 13.2. The lowest BCUT2D eigenvalue weighted by Gasteiger charge is -2.21. The Kier molecular flexibility index (Phi) is 3.90. The average molecular weight is 327 g/mol. The van der Waals surface area contributed by atoms with Crippen molar-refractivity contribution in [2.45, 2.75) is 25.3 Å². The number of halogens is 1. The number of aromatic nitrogens is 3. The second-order valence-corrected chi connectivity index (χ2v) is 6.15. The van der Waals surface area contributed by atoms with E-state index in [1.54, 1.807) is 29.1 Å². The van der Waals surface area contributed by atoms with Crippen LogP contribution in [0.3, 0.4) is 0 Å². The van der Waals surface area contributed by atoms with Crippen molar-refractivity contribution in [2.75, 3.05) is 13.2 Å². The van der Waals surface area contributed by atoms with Crippen LogP contribution in [0.5, 0.6) is 0 Å². The number of imidazole rings is 1. The predicted octanol–water partition coefficient (Wildman–Crippen LogP) is 2.58. The van der Waals surface area contributed by atoms with Crippen molar-refractivity contribution in [1.29, 1.82) is 0 Å². The molecular formula is C18H18FN3O2. The molecule has 3 aromatic rings. The molecule has 24 heavy (non-hydrogen) atoms. The van der Waals surface area contributed by atoms with Gasteiger partial charge in [0.1, 0.15) is 17.2 Å². The van der Waals surface area contributed by atoms with Crippen LogP contribution in [0.4, 0.5) is 4.39 Å². The van der Waals surface area contributed by atoms with Gasteiger partial charge in [0.05, 0.1) is 19.3 Å². The van der Waals surface area contributed by atoms with E-state index in [1.807, 2.05) is 10.6 Å². The summed E-state index contributed by atoms with van der Waals surface area (Å²) in [5.41, 5.74) is 1.16. The number of hydrogen-bond acceptors (Lipinski definition) is 3. The fourth-order valence-corrected chi connectivity index (χ4v) is 3.25. The van der Waals surface area contributed by atoms with E-state index in [0.717, 1.165) is 30.8 Å². The number of fused-ring (bicyclic) bond motifs is 1. The third-order valence-corrected chi connectivity index (χ3v) is 4.47. The minimum absolute atomic E-state index is 0.128. The molecule has 1 aliphatic heterocycles. The zero-order chi connectivity index (χ0) is 16.5. The number of benzene rings is 1. The Bertz CT molecular complexity index is 925. The van der Waals surface area contributed by atoms with Gasteiger partial charge < -0.3 is 9.30 Å². The fraction of sp³-hybridized carbons (Fsp3) is 0.333. The molecule has 1 atom stereocenters. The summed E-state index contributed by atoms with van der Waals surface area (Å²) < 4.78 is 22.3. The largest absolute Gasteiger partial charge is 0.381 e. The van der Waals surface area contributed by atoms with E-state index in [4.69, 9.17) is 4.74 Å². The van der Waals surface area contributed by atoms with Crippen molar-refractivity contribution in [3.8, 4) is 0 Å². The van der Waals surface area contributed by atoms with E-state index in [0.29, 0.717) is 18.7 Å². The maximum absolute atomic E-state index is 13.3. The van der Waals surface area contributed by atoms with Gasteiger partial charge >= 0.3 is 0 Å². The van der Waals surface area contributed by atoms with Crippen LogP contribution in [-0.4, -0.2) is 27.2 Å². The normalized spacial score (nSPS) is 18.1. The summed E-state index contributed by atoms with van der Waals surface area (Å²) in [6.45, 7) is 1.77. The molecule has 6 heteroatoms. The summed E-state index contributed by atoms with van der Waals surface area (Å²) in [7, 11) is 0. The Balaban J connectivity index is 1.69. The van der Waals surface area contributed by atoms with Crippen molar-refractivity contribution in [2.24, 2.45) is 0 Å². The van der Waals surface area contributed by atoms with Gasteiger partial charge in [-0.2, -0.15) is 0 Å². The Morgan fingerprint density at radius 3 is 3.04 bits per heavy atom. The highest BCUT2D eigenvalue weighted by molar-refractivity contribution is 5.44. The topological polar surface area (TPSA) is 48.5 Å². The molecule has 5 nitrogen and oxygen atoms in total. The Labute approximate surface area is 138 Å². The summed E-state index contributed by atoms with van der Waals surface area (Å²) in [6, 6.07) is 6.29. The molecule has 2 aromatic heterocycles. The van der Waals surface area contributed by atoms with Crippen LogP contribution >= 0.6 is 0 Å². The summed E-state index contributed by atoms with van der Waals surface area (Å²) in [5.74, 6) is 0.796. The first-order valence-electron chi connectivity index (χ1n) is 8.11. The third-order valence-electron chi connectivity index (χ3n) is 4.47. The molecule has 0 bridgehead atoms. The monoisotopic (exact) mass is 327 g/mol. The highest BCUT2D eigenvalue weighted by Crippen LogP contribution is 2.24. The lowest BCUT2D eigenvalue weighted by molar-refractivity contribution is 0.0779. The zero-order valence-corrected chi connectivity index (χ0v) is 13.2. The van der Waals surface area contributed by atoms with Gasteiger partial charge in [-0.3, -0.25) is 9.20 Å². The van der Waals surface area contributed by atoms with E-state index < -0.39 is 0 Å². The van der Waals surface area contributed by atoms with Gasteiger partial charge in [-0.05, 0) is 30.5 Å². The minimum atomic E-state index is -0.300. The summed E-state index contributed by atoms with van der Waals surface area (Å²) in [5, 5.41) is 0. The van der Waals surface area contributed by atoms with Crippen molar-refractivity contribution >= 4 is 5.52 Å². The van der Waals surface area contributed by atoms with Gasteiger partial charge in [0, 0.05) is 24.9 Å². The summed E-state index contributed by atoms with van der Waals surface area (Å²) in [6.07, 6.45) is 7.23. The second kappa shape index (κ2) is 6.20. The van der Waals surface area contributed by atoms with Gasteiger partial charge in [0.15, 0.2) is 0 Å². The number of ether oxygens (including phenoxy) is 1. The highest BCUT2D eigenvalue weighted by atomic mass is 19.1. The number of rotatable bonds is 3. The van der Waals surface area contributed by atoms with Crippen LogP contribution in [0.25, 0.3) is 5.52 Å². The van der Waals surface area contributed by atoms with Gasteiger partial charge in [0.2, 0.25) is 0 Å². The lowest BCUT2D eigenvalue weighted by atomic mass is 10.0. The lowest BCUT2D eigenvalue weighted by Crippen LogP contribution is -2.23. The molecule has 4 rings (SSSR count). The van der Waals surface area contributed by atoms with Crippen molar-refractivity contribution in [3.05, 3.63) is 70.4 Å². The third kappa shape index (κ3) is 2.73. The van der Waals surface area contributed by atoms with Gasteiger partial charge in [0.25, 0.3) is 5.56 Å². The van der Waals surface area contributed by atoms with E-state index >= 15 is 0 Å². The first-order chi connectivity index (χ1) is 11.7. The molecule has 1 unspecified atom stereocenters. The Hall–Kier alpha value is -2.47. The molecule has 0 spiro atoms. The van der Waals surface area contributed by atoms with Crippen molar-refractivity contribution < 1.29 is 9.13 Å². The molecule has 1 saturated heterocycles. The minimum Gasteiger partial charge on any atom is -0.381 e. The Morgan fingerprint density at radius 2 is 2.25 bits per heavy atom. The quantitative estimate of drug-likeness (QED) is 0.743. The second-order valence-electron chi connectivity index (χ2n) is 6.15. The van der Waals surface area contributed by atoms with Crippen LogP contribution in [0.2, 0.25) is 0 Å². The fourth-order valence-electron chi connectivity index (χ4n) is 3.25. The van der Waals surface area contributed by atoms with Crippen molar-refractivity contribution in [1.82, 2.24) is 14.0 Å². The molecular weight excluding hydrogens is 309 g/mol. The molecule has 1 aliphatic rings. The van der Waals surface area contributed by atoms with E-state index in [1.165, 1.54) is 12.1 Å². The van der Waals surface area contributed by atoms with Crippen LogP contribution in [0, 0.1) is 5.82 Å². The molecule has 124 valence electrons. The summed E-state index contributed by atoms with van der Waals surface area (Å²) in [4.78, 5) is 17.1. The SMILES string of the molecule is O=c1c2cnc(C3CCCOC3)n2ccn1Cc1cccc(F)c1. The summed E-state index contributed by atoms with van der Waals surface area (Å²) >= 11 is 0. The molecule has 0 aliphatic carbocycles. The van der Waals surface area contributed by atoms with E-state index in [2.05, 4.69) is 4.98 Å². The van der Waals surface area contributed by atoms with Gasteiger partial charge in [-0.15, -0.1) is 0 Å². The van der Waals surface area contributed by atoms with Gasteiger partial charge in [-0.1, -0.05) is 12.1 Å². The predicted molar refractivity (Wildman–Crippen MR) is 87.7 cm³/mol. The molecule has 1 fully saturated rings. The molecule has 0 N–H and O–H groups in total. The van der Waals surface area contributed by atoms with Gasteiger partial charge in [-0.25, -0.2) is 9.37 Å². The highest BCUT2D eigenvalue weighted by Gasteiger charge is 2.21. The van der Waals surface area contributed by atoms with Crippen LogP contribution in [0.15, 0.2) is 47.7 Å². The number of nitrogens with zero attached hydrogens (tertiary/aromatic N) is 3. The molecule has 0 saturated carbocycles. The molecule has 0 amide bonds. The van der Waals surface area contributed by atoms with Crippen molar-refractivity contribution in [3.63, 3.8) is 0 Å².